The first kappa shape index (κ1) is 18.3. The Labute approximate surface area is 154 Å². The Bertz CT molecular complexity index is 741. The quantitative estimate of drug-likeness (QED) is 0.909. The maximum atomic E-state index is 12.3. The molecular weight excluding hydrogens is 328 g/mol. The van der Waals surface area contributed by atoms with Crippen molar-refractivity contribution in [3.63, 3.8) is 0 Å². The minimum Gasteiger partial charge on any atom is -0.445 e. The fourth-order valence-electron chi connectivity index (χ4n) is 3.17. The van der Waals surface area contributed by atoms with E-state index in [0.29, 0.717) is 25.5 Å². The number of nitrogen functional groups attached to an aromatic ring is 1. The Morgan fingerprint density at radius 2 is 1.88 bits per heavy atom. The number of aromatic nitrogens is 2. The number of benzene rings is 1. The molecule has 6 nitrogen and oxygen atoms in total. The fourth-order valence-corrected chi connectivity index (χ4v) is 3.17. The van der Waals surface area contributed by atoms with Crippen LogP contribution in [0.4, 0.5) is 10.6 Å². The number of nitrogens with zero attached hydrogens (tertiary/aromatic N) is 3. The maximum Gasteiger partial charge on any atom is 0.410 e. The van der Waals surface area contributed by atoms with Gasteiger partial charge in [-0.25, -0.2) is 9.48 Å². The summed E-state index contributed by atoms with van der Waals surface area (Å²) < 4.78 is 7.34. The van der Waals surface area contributed by atoms with Gasteiger partial charge in [-0.05, 0) is 18.4 Å². The van der Waals surface area contributed by atoms with E-state index >= 15 is 0 Å². The van der Waals surface area contributed by atoms with Crippen LogP contribution < -0.4 is 5.73 Å². The summed E-state index contributed by atoms with van der Waals surface area (Å²) in [6.45, 7) is 8.00. The zero-order chi connectivity index (χ0) is 18.7. The molecule has 0 unspecified atom stereocenters. The Hall–Kier alpha value is -2.50. The monoisotopic (exact) mass is 356 g/mol. The van der Waals surface area contributed by atoms with E-state index in [0.717, 1.165) is 24.1 Å². The van der Waals surface area contributed by atoms with Crippen LogP contribution in [0.15, 0.2) is 36.4 Å². The normalized spacial score (nSPS) is 15.9. The fraction of sp³-hybridized carbons (Fsp3) is 0.500. The first-order chi connectivity index (χ1) is 12.3. The summed E-state index contributed by atoms with van der Waals surface area (Å²) in [5.74, 6) is 0.694. The summed E-state index contributed by atoms with van der Waals surface area (Å²) >= 11 is 0. The van der Waals surface area contributed by atoms with E-state index in [-0.39, 0.29) is 17.6 Å². The first-order valence-corrected chi connectivity index (χ1v) is 9.16. The number of hydrogen-bond donors (Lipinski definition) is 1. The molecule has 0 atom stereocenters. The highest BCUT2D eigenvalue weighted by atomic mass is 16.6. The van der Waals surface area contributed by atoms with Gasteiger partial charge in [0.1, 0.15) is 12.4 Å². The summed E-state index contributed by atoms with van der Waals surface area (Å²) in [6, 6.07) is 11.9. The molecule has 2 heterocycles. The summed E-state index contributed by atoms with van der Waals surface area (Å²) in [5, 5.41) is 4.71. The lowest BCUT2D eigenvalue weighted by molar-refractivity contribution is 0.0823. The molecule has 0 spiro atoms. The van der Waals surface area contributed by atoms with Crippen LogP contribution in [0.5, 0.6) is 0 Å². The van der Waals surface area contributed by atoms with Crippen LogP contribution in [-0.4, -0.2) is 33.9 Å². The van der Waals surface area contributed by atoms with E-state index in [4.69, 9.17) is 15.6 Å². The van der Waals surface area contributed by atoms with E-state index in [1.807, 2.05) is 41.1 Å². The van der Waals surface area contributed by atoms with Crippen LogP contribution in [0.25, 0.3) is 0 Å². The van der Waals surface area contributed by atoms with E-state index in [2.05, 4.69) is 20.8 Å². The number of nitrogens with two attached hydrogens (primary N) is 1. The van der Waals surface area contributed by atoms with Gasteiger partial charge in [-0.1, -0.05) is 51.1 Å². The third-order valence-corrected chi connectivity index (χ3v) is 4.81. The van der Waals surface area contributed by atoms with Gasteiger partial charge in [-0.3, -0.25) is 0 Å². The SMILES string of the molecule is CC(C)(C)c1cc(N)n(C2CCN(C(=O)OCc3ccccc3)CC2)n1. The van der Waals surface area contributed by atoms with Gasteiger partial charge >= 0.3 is 6.09 Å². The number of likely N-dealkylation sites (tertiary alicyclic amines) is 1. The van der Waals surface area contributed by atoms with E-state index in [1.54, 1.807) is 4.90 Å². The molecule has 1 aromatic heterocycles. The number of anilines is 1. The minimum absolute atomic E-state index is 0.0265. The molecule has 0 saturated carbocycles. The highest BCUT2D eigenvalue weighted by Gasteiger charge is 2.28. The topological polar surface area (TPSA) is 73.4 Å². The molecule has 140 valence electrons. The Morgan fingerprint density at radius 3 is 2.46 bits per heavy atom. The van der Waals surface area contributed by atoms with Gasteiger partial charge in [0.15, 0.2) is 0 Å². The predicted octanol–water partition coefficient (Wildman–Crippen LogP) is 3.74. The third kappa shape index (κ3) is 4.18. The van der Waals surface area contributed by atoms with Gasteiger partial charge in [-0.15, -0.1) is 0 Å². The second-order valence-corrected chi connectivity index (χ2v) is 7.91. The van der Waals surface area contributed by atoms with Crippen LogP contribution in [0.1, 0.15) is 50.9 Å². The molecule has 1 amide bonds. The second kappa shape index (κ2) is 7.40. The van der Waals surface area contributed by atoms with Crippen molar-refractivity contribution in [2.45, 2.75) is 51.7 Å². The zero-order valence-electron chi connectivity index (χ0n) is 15.8. The molecule has 1 aliphatic rings. The van der Waals surface area contributed by atoms with Crippen molar-refractivity contribution >= 4 is 11.9 Å². The van der Waals surface area contributed by atoms with Gasteiger partial charge < -0.3 is 15.4 Å². The van der Waals surface area contributed by atoms with Crippen LogP contribution in [-0.2, 0) is 16.8 Å². The van der Waals surface area contributed by atoms with Crippen molar-refractivity contribution in [3.05, 3.63) is 47.7 Å². The van der Waals surface area contributed by atoms with Crippen molar-refractivity contribution in [2.75, 3.05) is 18.8 Å². The zero-order valence-corrected chi connectivity index (χ0v) is 15.8. The van der Waals surface area contributed by atoms with Crippen molar-refractivity contribution < 1.29 is 9.53 Å². The molecule has 26 heavy (non-hydrogen) atoms. The van der Waals surface area contributed by atoms with Crippen molar-refractivity contribution in [1.29, 1.82) is 0 Å². The molecule has 2 N–H and O–H groups in total. The summed E-state index contributed by atoms with van der Waals surface area (Å²) in [4.78, 5) is 14.0. The maximum absolute atomic E-state index is 12.3. The molecule has 3 rings (SSSR count). The predicted molar refractivity (Wildman–Crippen MR) is 102 cm³/mol. The molecule has 2 aromatic rings. The van der Waals surface area contributed by atoms with Crippen LogP contribution in [0.3, 0.4) is 0 Å². The lowest BCUT2D eigenvalue weighted by Crippen LogP contribution is -2.39. The average molecular weight is 356 g/mol. The van der Waals surface area contributed by atoms with Gasteiger partial charge in [0.25, 0.3) is 0 Å². The van der Waals surface area contributed by atoms with E-state index in [9.17, 15) is 4.79 Å². The van der Waals surface area contributed by atoms with Crippen molar-refractivity contribution in [3.8, 4) is 0 Å². The van der Waals surface area contributed by atoms with Crippen molar-refractivity contribution in [2.24, 2.45) is 0 Å². The Kier molecular flexibility index (Phi) is 5.20. The molecule has 1 saturated heterocycles. The Morgan fingerprint density at radius 1 is 1.23 bits per heavy atom. The van der Waals surface area contributed by atoms with Crippen LogP contribution in [0.2, 0.25) is 0 Å². The van der Waals surface area contributed by atoms with E-state index in [1.165, 1.54) is 0 Å². The summed E-state index contributed by atoms with van der Waals surface area (Å²) in [6.07, 6.45) is 1.40. The third-order valence-electron chi connectivity index (χ3n) is 4.81. The molecule has 6 heteroatoms. The van der Waals surface area contributed by atoms with Gasteiger partial charge in [-0.2, -0.15) is 5.10 Å². The molecule has 1 aliphatic heterocycles. The second-order valence-electron chi connectivity index (χ2n) is 7.91. The van der Waals surface area contributed by atoms with Crippen molar-refractivity contribution in [1.82, 2.24) is 14.7 Å². The Balaban J connectivity index is 1.54. The van der Waals surface area contributed by atoms with Gasteiger partial charge in [0.2, 0.25) is 0 Å². The minimum atomic E-state index is -0.254. The van der Waals surface area contributed by atoms with Gasteiger partial charge in [0.05, 0.1) is 11.7 Å². The van der Waals surface area contributed by atoms with E-state index < -0.39 is 0 Å². The lowest BCUT2D eigenvalue weighted by Gasteiger charge is -2.31. The number of carbonyl (C=O) groups is 1. The highest BCUT2D eigenvalue weighted by Crippen LogP contribution is 2.29. The summed E-state index contributed by atoms with van der Waals surface area (Å²) in [5.41, 5.74) is 8.14. The number of carbonyl (C=O) groups excluding carboxylic acids is 1. The van der Waals surface area contributed by atoms with Gasteiger partial charge in [0, 0.05) is 24.6 Å². The number of hydrogen-bond acceptors (Lipinski definition) is 4. The molecular formula is C20H28N4O2. The molecule has 0 aliphatic carbocycles. The van der Waals surface area contributed by atoms with Crippen LogP contribution >= 0.6 is 0 Å². The number of rotatable bonds is 3. The molecule has 1 fully saturated rings. The molecule has 0 radical (unpaired) electrons. The first-order valence-electron chi connectivity index (χ1n) is 9.16. The largest absolute Gasteiger partial charge is 0.445 e. The molecule has 1 aromatic carbocycles. The lowest BCUT2D eigenvalue weighted by atomic mass is 9.92. The average Bonchev–Trinajstić information content (AvgIpc) is 3.03. The molecule has 0 bridgehead atoms. The smallest absolute Gasteiger partial charge is 0.410 e. The van der Waals surface area contributed by atoms with Crippen LogP contribution in [0, 0.1) is 0 Å². The highest BCUT2D eigenvalue weighted by molar-refractivity contribution is 5.67. The summed E-state index contributed by atoms with van der Waals surface area (Å²) in [7, 11) is 0. The number of amides is 1. The number of piperidine rings is 1. The number of ether oxygens (including phenoxy) is 1. The standard InChI is InChI=1S/C20H28N4O2/c1-20(2,3)17-13-18(21)24(22-17)16-9-11-23(12-10-16)19(25)26-14-15-7-5-4-6-8-15/h4-8,13,16H,9-12,14,21H2,1-3H3.